The number of sulfone groups is 1. The topological polar surface area (TPSA) is 46.2 Å². The van der Waals surface area contributed by atoms with Gasteiger partial charge in [0.25, 0.3) is 0 Å². The van der Waals surface area contributed by atoms with Gasteiger partial charge in [-0.05, 0) is 37.3 Å². The zero-order valence-corrected chi connectivity index (χ0v) is 12.8. The van der Waals surface area contributed by atoms with Crippen LogP contribution in [-0.2, 0) is 9.84 Å². The van der Waals surface area contributed by atoms with Crippen LogP contribution in [0, 0.1) is 17.8 Å². The molecule has 0 aliphatic heterocycles. The van der Waals surface area contributed by atoms with Crippen molar-refractivity contribution < 1.29 is 8.42 Å². The predicted octanol–water partition coefficient (Wildman–Crippen LogP) is 2.33. The normalized spacial score (nSPS) is 16.1. The fraction of sp³-hybridized carbons (Fsp3) is 1.00. The van der Waals surface area contributed by atoms with E-state index in [1.807, 2.05) is 0 Å². The first kappa shape index (κ1) is 16.9. The summed E-state index contributed by atoms with van der Waals surface area (Å²) in [7, 11) is -2.80. The maximum absolute atomic E-state index is 11.4. The van der Waals surface area contributed by atoms with E-state index in [4.69, 9.17) is 0 Å². The summed E-state index contributed by atoms with van der Waals surface area (Å²) in [6, 6.07) is 0. The van der Waals surface area contributed by atoms with Gasteiger partial charge in [-0.3, -0.25) is 0 Å². The van der Waals surface area contributed by atoms with Crippen molar-refractivity contribution in [1.29, 1.82) is 0 Å². The fourth-order valence-electron chi connectivity index (χ4n) is 1.60. The summed E-state index contributed by atoms with van der Waals surface area (Å²) >= 11 is 0. The Bertz CT molecular complexity index is 286. The van der Waals surface area contributed by atoms with Crippen molar-refractivity contribution >= 4 is 9.84 Å². The molecule has 0 aliphatic rings. The Kier molecular flexibility index (Phi) is 8.05. The average Bonchev–Trinajstić information content (AvgIpc) is 2.25. The average molecular weight is 263 g/mol. The van der Waals surface area contributed by atoms with Gasteiger partial charge in [0.2, 0.25) is 0 Å². The van der Waals surface area contributed by atoms with Crippen LogP contribution in [0.15, 0.2) is 0 Å². The van der Waals surface area contributed by atoms with Crippen molar-refractivity contribution in [1.82, 2.24) is 5.32 Å². The van der Waals surface area contributed by atoms with E-state index in [0.29, 0.717) is 23.5 Å². The van der Waals surface area contributed by atoms with Crippen LogP contribution in [0.4, 0.5) is 0 Å². The summed E-state index contributed by atoms with van der Waals surface area (Å²) in [5.74, 6) is 2.24. The zero-order valence-electron chi connectivity index (χ0n) is 12.0. The summed E-state index contributed by atoms with van der Waals surface area (Å²) in [6.45, 7) is 12.4. The first-order chi connectivity index (χ1) is 7.78. The molecule has 0 rings (SSSR count). The van der Waals surface area contributed by atoms with Crippen LogP contribution < -0.4 is 5.32 Å². The molecular weight excluding hydrogens is 234 g/mol. The second-order valence-electron chi connectivity index (χ2n) is 5.53. The van der Waals surface area contributed by atoms with Crippen LogP contribution in [0.25, 0.3) is 0 Å². The van der Waals surface area contributed by atoms with Crippen molar-refractivity contribution in [2.75, 3.05) is 24.6 Å². The third kappa shape index (κ3) is 8.61. The number of hydrogen-bond donors (Lipinski definition) is 1. The summed E-state index contributed by atoms with van der Waals surface area (Å²) in [4.78, 5) is 0. The van der Waals surface area contributed by atoms with Gasteiger partial charge in [-0.25, -0.2) is 8.42 Å². The Labute approximate surface area is 107 Å². The van der Waals surface area contributed by atoms with Crippen LogP contribution in [0.3, 0.4) is 0 Å². The maximum atomic E-state index is 11.4. The van der Waals surface area contributed by atoms with E-state index in [1.54, 1.807) is 6.92 Å². The molecule has 0 fully saturated rings. The fourth-order valence-corrected chi connectivity index (χ4v) is 2.61. The van der Waals surface area contributed by atoms with Gasteiger partial charge in [-0.1, -0.05) is 34.6 Å². The minimum absolute atomic E-state index is 0.264. The van der Waals surface area contributed by atoms with Crippen molar-refractivity contribution in [2.24, 2.45) is 17.8 Å². The molecule has 0 saturated carbocycles. The largest absolute Gasteiger partial charge is 0.316 e. The smallest absolute Gasteiger partial charge is 0.150 e. The second kappa shape index (κ2) is 8.09. The van der Waals surface area contributed by atoms with E-state index in [1.165, 1.54) is 0 Å². The third-order valence-corrected chi connectivity index (χ3v) is 5.05. The lowest BCUT2D eigenvalue weighted by Crippen LogP contribution is -2.29. The first-order valence-corrected chi connectivity index (χ1v) is 8.51. The van der Waals surface area contributed by atoms with E-state index in [2.05, 4.69) is 33.0 Å². The molecule has 0 aromatic heterocycles. The van der Waals surface area contributed by atoms with Gasteiger partial charge >= 0.3 is 0 Å². The monoisotopic (exact) mass is 263 g/mol. The Morgan fingerprint density at radius 1 is 1.00 bits per heavy atom. The molecule has 0 saturated heterocycles. The quantitative estimate of drug-likeness (QED) is 0.694. The summed E-state index contributed by atoms with van der Waals surface area (Å²) in [6.07, 6.45) is 0.778. The molecule has 1 N–H and O–H groups in total. The Morgan fingerprint density at radius 2 is 1.59 bits per heavy atom. The van der Waals surface area contributed by atoms with Crippen LogP contribution in [0.1, 0.15) is 41.0 Å². The summed E-state index contributed by atoms with van der Waals surface area (Å²) in [5, 5.41) is 3.43. The minimum atomic E-state index is -2.80. The van der Waals surface area contributed by atoms with Crippen molar-refractivity contribution in [3.05, 3.63) is 0 Å². The van der Waals surface area contributed by atoms with Crippen LogP contribution in [0.5, 0.6) is 0 Å². The van der Waals surface area contributed by atoms with Crippen LogP contribution >= 0.6 is 0 Å². The molecule has 104 valence electrons. The van der Waals surface area contributed by atoms with Gasteiger partial charge < -0.3 is 5.32 Å². The molecule has 0 aliphatic carbocycles. The van der Waals surface area contributed by atoms with Crippen LogP contribution in [-0.4, -0.2) is 33.0 Å². The predicted molar refractivity (Wildman–Crippen MR) is 75.0 cm³/mol. The highest BCUT2D eigenvalue weighted by molar-refractivity contribution is 7.91. The van der Waals surface area contributed by atoms with Gasteiger partial charge in [-0.2, -0.15) is 0 Å². The number of nitrogens with one attached hydrogen (secondary N) is 1. The molecular formula is C13H29NO2S. The van der Waals surface area contributed by atoms with Crippen molar-refractivity contribution in [2.45, 2.75) is 41.0 Å². The lowest BCUT2D eigenvalue weighted by Gasteiger charge is -2.20. The molecule has 2 atom stereocenters. The molecule has 17 heavy (non-hydrogen) atoms. The zero-order chi connectivity index (χ0) is 13.5. The highest BCUT2D eigenvalue weighted by Gasteiger charge is 2.15. The standard InChI is InChI=1S/C13H29NO2S/c1-6-17(15,16)8-7-12(4)13(5)10-14-9-11(2)3/h11-14H,6-10H2,1-5H3. The van der Waals surface area contributed by atoms with Gasteiger partial charge in [0.1, 0.15) is 9.84 Å². The third-order valence-electron chi connectivity index (χ3n) is 3.31. The molecule has 3 nitrogen and oxygen atoms in total. The van der Waals surface area contributed by atoms with Crippen LogP contribution in [0.2, 0.25) is 0 Å². The number of rotatable bonds is 9. The van der Waals surface area contributed by atoms with E-state index in [0.717, 1.165) is 19.5 Å². The molecule has 0 amide bonds. The lowest BCUT2D eigenvalue weighted by atomic mass is 9.93. The van der Waals surface area contributed by atoms with E-state index >= 15 is 0 Å². The summed E-state index contributed by atoms with van der Waals surface area (Å²) in [5.41, 5.74) is 0. The highest BCUT2D eigenvalue weighted by Crippen LogP contribution is 2.15. The molecule has 0 bridgehead atoms. The lowest BCUT2D eigenvalue weighted by molar-refractivity contribution is 0.351. The molecule has 0 radical (unpaired) electrons. The minimum Gasteiger partial charge on any atom is -0.316 e. The van der Waals surface area contributed by atoms with Gasteiger partial charge in [-0.15, -0.1) is 0 Å². The Morgan fingerprint density at radius 3 is 2.06 bits per heavy atom. The maximum Gasteiger partial charge on any atom is 0.150 e. The highest BCUT2D eigenvalue weighted by atomic mass is 32.2. The van der Waals surface area contributed by atoms with Gasteiger partial charge in [0.15, 0.2) is 0 Å². The SMILES string of the molecule is CCS(=O)(=O)CCC(C)C(C)CNCC(C)C. The second-order valence-corrected chi connectivity index (χ2v) is 8.00. The molecule has 0 aromatic rings. The molecule has 0 aromatic carbocycles. The first-order valence-electron chi connectivity index (χ1n) is 6.69. The van der Waals surface area contributed by atoms with Gasteiger partial charge in [0.05, 0.1) is 5.75 Å². The summed E-state index contributed by atoms with van der Waals surface area (Å²) < 4.78 is 22.8. The van der Waals surface area contributed by atoms with E-state index in [-0.39, 0.29) is 5.75 Å². The van der Waals surface area contributed by atoms with Gasteiger partial charge in [0, 0.05) is 5.75 Å². The van der Waals surface area contributed by atoms with Crippen molar-refractivity contribution in [3.8, 4) is 0 Å². The van der Waals surface area contributed by atoms with E-state index in [9.17, 15) is 8.42 Å². The molecule has 2 unspecified atom stereocenters. The molecule has 0 heterocycles. The number of hydrogen-bond acceptors (Lipinski definition) is 3. The molecule has 4 heteroatoms. The molecule has 0 spiro atoms. The Hall–Kier alpha value is -0.0900. The Balaban J connectivity index is 3.86. The van der Waals surface area contributed by atoms with E-state index < -0.39 is 9.84 Å². The van der Waals surface area contributed by atoms with Crippen molar-refractivity contribution in [3.63, 3.8) is 0 Å².